The van der Waals surface area contributed by atoms with Crippen LogP contribution in [0.25, 0.3) is 0 Å². The van der Waals surface area contributed by atoms with E-state index in [2.05, 4.69) is 5.32 Å². The summed E-state index contributed by atoms with van der Waals surface area (Å²) in [5.74, 6) is -1.49. The van der Waals surface area contributed by atoms with Crippen molar-refractivity contribution in [2.45, 2.75) is 52.1 Å². The van der Waals surface area contributed by atoms with E-state index in [9.17, 15) is 9.59 Å². The minimum Gasteiger partial charge on any atom is -0.480 e. The lowest BCUT2D eigenvalue weighted by atomic mass is 9.98. The Hall–Kier alpha value is -1.10. The van der Waals surface area contributed by atoms with Crippen LogP contribution in [0.1, 0.15) is 40.0 Å². The summed E-state index contributed by atoms with van der Waals surface area (Å²) in [4.78, 5) is 22.5. The maximum absolute atomic E-state index is 11.6. The Labute approximate surface area is 96.4 Å². The standard InChI is InChI=1S/C11H22N2O3/c1-4-6-8(12)10(14)13-9(11(15)16)7(3)5-2/h7-9H,4-6,12H2,1-3H3,(H,13,14)(H,15,16)/t7-,8-,9-/m0/s1. The predicted octanol–water partition coefficient (Wildman–Crippen LogP) is 0.729. The van der Waals surface area contributed by atoms with Gasteiger partial charge < -0.3 is 16.2 Å². The minimum absolute atomic E-state index is 0.102. The molecule has 0 heterocycles. The highest BCUT2D eigenvalue weighted by molar-refractivity contribution is 5.86. The van der Waals surface area contributed by atoms with E-state index in [4.69, 9.17) is 10.8 Å². The van der Waals surface area contributed by atoms with Crippen LogP contribution in [0, 0.1) is 5.92 Å². The number of carbonyl (C=O) groups excluding carboxylic acids is 1. The molecule has 0 aromatic carbocycles. The van der Waals surface area contributed by atoms with E-state index in [1.165, 1.54) is 0 Å². The Balaban J connectivity index is 4.40. The second kappa shape index (κ2) is 7.22. The van der Waals surface area contributed by atoms with Crippen LogP contribution in [0.5, 0.6) is 0 Å². The first kappa shape index (κ1) is 14.9. The summed E-state index contributed by atoms with van der Waals surface area (Å²) >= 11 is 0. The van der Waals surface area contributed by atoms with Gasteiger partial charge in [-0.05, 0) is 12.3 Å². The van der Waals surface area contributed by atoms with Gasteiger partial charge in [0, 0.05) is 0 Å². The number of amides is 1. The number of carboxylic acid groups (broad SMARTS) is 1. The quantitative estimate of drug-likeness (QED) is 0.601. The van der Waals surface area contributed by atoms with E-state index >= 15 is 0 Å². The Morgan fingerprint density at radius 1 is 1.38 bits per heavy atom. The van der Waals surface area contributed by atoms with Crippen molar-refractivity contribution in [1.29, 1.82) is 0 Å². The molecule has 3 atom stereocenters. The number of rotatable bonds is 7. The molecule has 4 N–H and O–H groups in total. The molecule has 0 fully saturated rings. The van der Waals surface area contributed by atoms with Gasteiger partial charge >= 0.3 is 5.97 Å². The number of nitrogens with one attached hydrogen (secondary N) is 1. The van der Waals surface area contributed by atoms with Crippen molar-refractivity contribution in [2.24, 2.45) is 11.7 Å². The number of nitrogens with two attached hydrogens (primary N) is 1. The molecule has 0 bridgehead atoms. The fourth-order valence-corrected chi connectivity index (χ4v) is 1.39. The fourth-order valence-electron chi connectivity index (χ4n) is 1.39. The highest BCUT2D eigenvalue weighted by Gasteiger charge is 2.26. The summed E-state index contributed by atoms with van der Waals surface area (Å²) in [6.07, 6.45) is 2.06. The lowest BCUT2D eigenvalue weighted by Crippen LogP contribution is -2.50. The van der Waals surface area contributed by atoms with E-state index in [0.717, 1.165) is 6.42 Å². The summed E-state index contributed by atoms with van der Waals surface area (Å²) < 4.78 is 0. The predicted molar refractivity (Wildman–Crippen MR) is 61.9 cm³/mol. The normalized spacial score (nSPS) is 16.2. The zero-order chi connectivity index (χ0) is 12.7. The Bertz CT molecular complexity index is 243. The van der Waals surface area contributed by atoms with Gasteiger partial charge in [-0.1, -0.05) is 33.6 Å². The molecule has 1 amide bonds. The van der Waals surface area contributed by atoms with Gasteiger partial charge in [-0.3, -0.25) is 4.79 Å². The largest absolute Gasteiger partial charge is 0.480 e. The summed E-state index contributed by atoms with van der Waals surface area (Å²) in [6, 6.07) is -1.46. The van der Waals surface area contributed by atoms with Crippen LogP contribution in [0.3, 0.4) is 0 Å². The zero-order valence-corrected chi connectivity index (χ0v) is 10.2. The van der Waals surface area contributed by atoms with Gasteiger partial charge in [0.2, 0.25) is 5.91 Å². The average Bonchev–Trinajstić information content (AvgIpc) is 2.24. The molecule has 0 aliphatic rings. The molecule has 5 heteroatoms. The molecule has 16 heavy (non-hydrogen) atoms. The van der Waals surface area contributed by atoms with Gasteiger partial charge in [0.05, 0.1) is 6.04 Å². The second-order valence-electron chi connectivity index (χ2n) is 4.11. The minimum atomic E-state index is -1.01. The smallest absolute Gasteiger partial charge is 0.326 e. The summed E-state index contributed by atoms with van der Waals surface area (Å²) in [7, 11) is 0. The summed E-state index contributed by atoms with van der Waals surface area (Å²) in [6.45, 7) is 5.61. The van der Waals surface area contributed by atoms with Crippen LogP contribution in [0.4, 0.5) is 0 Å². The highest BCUT2D eigenvalue weighted by atomic mass is 16.4. The first-order chi connectivity index (χ1) is 7.43. The van der Waals surface area contributed by atoms with Crippen molar-refractivity contribution in [2.75, 3.05) is 0 Å². The first-order valence-electron chi connectivity index (χ1n) is 5.72. The maximum atomic E-state index is 11.6. The number of carboxylic acids is 1. The van der Waals surface area contributed by atoms with Gasteiger partial charge in [0.15, 0.2) is 0 Å². The van der Waals surface area contributed by atoms with Crippen LogP contribution in [-0.2, 0) is 9.59 Å². The lowest BCUT2D eigenvalue weighted by molar-refractivity contribution is -0.143. The van der Waals surface area contributed by atoms with Crippen molar-refractivity contribution in [3.05, 3.63) is 0 Å². The molecule has 0 unspecified atom stereocenters. The molecule has 0 aromatic rings. The SMILES string of the molecule is CCC[C@H](N)C(=O)N[C@H](C(=O)O)[C@@H](C)CC. The Morgan fingerprint density at radius 2 is 1.94 bits per heavy atom. The first-order valence-corrected chi connectivity index (χ1v) is 5.72. The van der Waals surface area contributed by atoms with Crippen LogP contribution in [0.15, 0.2) is 0 Å². The van der Waals surface area contributed by atoms with Crippen molar-refractivity contribution in [1.82, 2.24) is 5.32 Å². The third kappa shape index (κ3) is 4.61. The third-order valence-electron chi connectivity index (χ3n) is 2.71. The monoisotopic (exact) mass is 230 g/mol. The maximum Gasteiger partial charge on any atom is 0.326 e. The van der Waals surface area contributed by atoms with E-state index in [0.29, 0.717) is 12.8 Å². The molecule has 0 saturated heterocycles. The van der Waals surface area contributed by atoms with Crippen molar-refractivity contribution in [3.63, 3.8) is 0 Å². The van der Waals surface area contributed by atoms with E-state index in [1.807, 2.05) is 13.8 Å². The van der Waals surface area contributed by atoms with Gasteiger partial charge in [-0.15, -0.1) is 0 Å². The molecular formula is C11H22N2O3. The van der Waals surface area contributed by atoms with Crippen LogP contribution >= 0.6 is 0 Å². The van der Waals surface area contributed by atoms with E-state index in [-0.39, 0.29) is 11.8 Å². The van der Waals surface area contributed by atoms with Crippen molar-refractivity contribution in [3.8, 4) is 0 Å². The van der Waals surface area contributed by atoms with Crippen LogP contribution < -0.4 is 11.1 Å². The fraction of sp³-hybridized carbons (Fsp3) is 0.818. The molecule has 0 aliphatic carbocycles. The number of hydrogen-bond acceptors (Lipinski definition) is 3. The third-order valence-corrected chi connectivity index (χ3v) is 2.71. The lowest BCUT2D eigenvalue weighted by Gasteiger charge is -2.22. The van der Waals surface area contributed by atoms with Gasteiger partial charge in [0.1, 0.15) is 6.04 Å². The molecule has 0 rings (SSSR count). The highest BCUT2D eigenvalue weighted by Crippen LogP contribution is 2.08. The summed E-state index contributed by atoms with van der Waals surface area (Å²) in [5.41, 5.74) is 5.61. The molecule has 0 aliphatic heterocycles. The summed E-state index contributed by atoms with van der Waals surface area (Å²) in [5, 5.41) is 11.5. The number of hydrogen-bond donors (Lipinski definition) is 3. The van der Waals surface area contributed by atoms with E-state index < -0.39 is 18.1 Å². The molecule has 5 nitrogen and oxygen atoms in total. The number of carbonyl (C=O) groups is 2. The van der Waals surface area contributed by atoms with Gasteiger partial charge in [-0.2, -0.15) is 0 Å². The second-order valence-corrected chi connectivity index (χ2v) is 4.11. The van der Waals surface area contributed by atoms with Crippen LogP contribution in [-0.4, -0.2) is 29.1 Å². The molecular weight excluding hydrogens is 208 g/mol. The molecule has 0 radical (unpaired) electrons. The topological polar surface area (TPSA) is 92.4 Å². The van der Waals surface area contributed by atoms with Crippen molar-refractivity contribution >= 4 is 11.9 Å². The van der Waals surface area contributed by atoms with Crippen LogP contribution in [0.2, 0.25) is 0 Å². The molecule has 0 aromatic heterocycles. The molecule has 0 saturated carbocycles. The Kier molecular flexibility index (Phi) is 6.72. The number of aliphatic carboxylic acids is 1. The zero-order valence-electron chi connectivity index (χ0n) is 10.2. The van der Waals surface area contributed by atoms with Gasteiger partial charge in [-0.25, -0.2) is 4.79 Å². The Morgan fingerprint density at radius 3 is 2.31 bits per heavy atom. The average molecular weight is 230 g/mol. The molecule has 94 valence electrons. The van der Waals surface area contributed by atoms with Crippen molar-refractivity contribution < 1.29 is 14.7 Å². The van der Waals surface area contributed by atoms with E-state index in [1.54, 1.807) is 6.92 Å². The molecule has 0 spiro atoms. The van der Waals surface area contributed by atoms with Gasteiger partial charge in [0.25, 0.3) is 0 Å².